The van der Waals surface area contributed by atoms with Crippen molar-refractivity contribution < 1.29 is 22.7 Å². The van der Waals surface area contributed by atoms with E-state index >= 15 is 0 Å². The minimum atomic E-state index is -4.44. The van der Waals surface area contributed by atoms with Crippen molar-refractivity contribution >= 4 is 52.9 Å². The molecule has 2 heterocycles. The summed E-state index contributed by atoms with van der Waals surface area (Å²) >= 11 is 0.939. The van der Waals surface area contributed by atoms with E-state index in [4.69, 9.17) is 4.74 Å². The van der Waals surface area contributed by atoms with E-state index in [1.807, 2.05) is 12.1 Å². The standard InChI is InChI=1S/C18H20F3N5O2S.HI/c1-22-17(24-9-16-26-14(10-29-16)18(19,20)21)23-6-7-28-12-3-4-13-11(8-12)2-5-15(27)25-13;/h3-4,8,10H,2,5-7,9H2,1H3,(H,25,27)(H2,22,23,24);1H. The van der Waals surface area contributed by atoms with Crippen molar-refractivity contribution in [2.24, 2.45) is 4.99 Å². The molecule has 0 fully saturated rings. The lowest BCUT2D eigenvalue weighted by atomic mass is 10.0. The van der Waals surface area contributed by atoms with Crippen LogP contribution in [-0.4, -0.2) is 37.1 Å². The molecule has 0 saturated carbocycles. The zero-order valence-corrected chi connectivity index (χ0v) is 19.2. The molecule has 0 atom stereocenters. The van der Waals surface area contributed by atoms with Crippen LogP contribution in [0.1, 0.15) is 22.7 Å². The van der Waals surface area contributed by atoms with E-state index in [9.17, 15) is 18.0 Å². The zero-order chi connectivity index (χ0) is 20.9. The number of aromatic nitrogens is 1. The van der Waals surface area contributed by atoms with Crippen LogP contribution in [0.15, 0.2) is 28.6 Å². The van der Waals surface area contributed by atoms with Gasteiger partial charge in [0, 0.05) is 24.5 Å². The van der Waals surface area contributed by atoms with Crippen LogP contribution in [0.2, 0.25) is 0 Å². The predicted octanol–water partition coefficient (Wildman–Crippen LogP) is 3.41. The Hall–Kier alpha value is -2.09. The van der Waals surface area contributed by atoms with E-state index in [-0.39, 0.29) is 36.4 Å². The van der Waals surface area contributed by atoms with Gasteiger partial charge >= 0.3 is 6.18 Å². The number of thiazole rings is 1. The maximum atomic E-state index is 12.6. The second-order valence-corrected chi connectivity index (χ2v) is 7.14. The number of fused-ring (bicyclic) bond motifs is 1. The Morgan fingerprint density at radius 2 is 2.13 bits per heavy atom. The van der Waals surface area contributed by atoms with Crippen molar-refractivity contribution in [3.63, 3.8) is 0 Å². The maximum Gasteiger partial charge on any atom is 0.434 e. The molecule has 1 aliphatic rings. The number of anilines is 1. The molecule has 0 saturated heterocycles. The Bertz CT molecular complexity index is 904. The third-order valence-electron chi connectivity index (χ3n) is 4.11. The fraction of sp³-hybridized carbons (Fsp3) is 0.389. The second kappa shape index (κ2) is 10.8. The first-order chi connectivity index (χ1) is 13.8. The largest absolute Gasteiger partial charge is 0.492 e. The molecule has 0 radical (unpaired) electrons. The van der Waals surface area contributed by atoms with Crippen molar-refractivity contribution in [1.29, 1.82) is 0 Å². The molecule has 1 aromatic carbocycles. The Kier molecular flexibility index (Phi) is 8.70. The van der Waals surface area contributed by atoms with Gasteiger partial charge in [-0.1, -0.05) is 0 Å². The topological polar surface area (TPSA) is 87.6 Å². The van der Waals surface area contributed by atoms with Crippen molar-refractivity contribution in [3.8, 4) is 5.75 Å². The summed E-state index contributed by atoms with van der Waals surface area (Å²) in [5.74, 6) is 1.15. The fourth-order valence-electron chi connectivity index (χ4n) is 2.69. The van der Waals surface area contributed by atoms with E-state index in [2.05, 4.69) is 25.9 Å². The lowest BCUT2D eigenvalue weighted by Crippen LogP contribution is -2.38. The number of rotatable bonds is 6. The monoisotopic (exact) mass is 555 g/mol. The van der Waals surface area contributed by atoms with Crippen LogP contribution in [0.25, 0.3) is 0 Å². The lowest BCUT2D eigenvalue weighted by molar-refractivity contribution is -0.140. The summed E-state index contributed by atoms with van der Waals surface area (Å²) in [6.07, 6.45) is -3.29. The van der Waals surface area contributed by atoms with Crippen molar-refractivity contribution in [2.45, 2.75) is 25.6 Å². The first kappa shape index (κ1) is 24.2. The highest BCUT2D eigenvalue weighted by atomic mass is 127. The number of hydrogen-bond acceptors (Lipinski definition) is 5. The highest BCUT2D eigenvalue weighted by molar-refractivity contribution is 14.0. The number of ether oxygens (including phenoxy) is 1. The number of guanidine groups is 1. The van der Waals surface area contributed by atoms with Gasteiger partial charge in [-0.3, -0.25) is 9.79 Å². The van der Waals surface area contributed by atoms with Crippen molar-refractivity contribution in [2.75, 3.05) is 25.5 Å². The molecule has 3 N–H and O–H groups in total. The van der Waals surface area contributed by atoms with Gasteiger partial charge in [0.25, 0.3) is 0 Å². The maximum absolute atomic E-state index is 12.6. The average Bonchev–Trinajstić information content (AvgIpc) is 3.17. The van der Waals surface area contributed by atoms with Gasteiger partial charge in [0.2, 0.25) is 5.91 Å². The van der Waals surface area contributed by atoms with Gasteiger partial charge in [-0.25, -0.2) is 4.98 Å². The third-order valence-corrected chi connectivity index (χ3v) is 4.96. The van der Waals surface area contributed by atoms with Crippen LogP contribution < -0.4 is 20.7 Å². The molecule has 1 aliphatic heterocycles. The highest BCUT2D eigenvalue weighted by Crippen LogP contribution is 2.30. The molecule has 0 aliphatic carbocycles. The first-order valence-corrected chi connectivity index (χ1v) is 9.75. The zero-order valence-electron chi connectivity index (χ0n) is 16.0. The van der Waals surface area contributed by atoms with E-state index in [1.54, 1.807) is 13.1 Å². The molecular formula is C18H21F3IN5O2S. The number of carbonyl (C=O) groups excluding carboxylic acids is 1. The molecule has 164 valence electrons. The van der Waals surface area contributed by atoms with Gasteiger partial charge < -0.3 is 20.7 Å². The van der Waals surface area contributed by atoms with Crippen LogP contribution in [0.3, 0.4) is 0 Å². The van der Waals surface area contributed by atoms with Gasteiger partial charge in [-0.05, 0) is 30.2 Å². The molecule has 7 nitrogen and oxygen atoms in total. The molecule has 0 spiro atoms. The first-order valence-electron chi connectivity index (χ1n) is 8.87. The number of aliphatic imine (C=N–C) groups is 1. The summed E-state index contributed by atoms with van der Waals surface area (Å²) in [4.78, 5) is 19.0. The average molecular weight is 555 g/mol. The SMILES string of the molecule is CN=C(NCCOc1ccc2c(c1)CCC(=O)N2)NCc1nc(C(F)(F)F)cs1.I. The number of nitrogens with zero attached hydrogens (tertiary/aromatic N) is 2. The second-order valence-electron chi connectivity index (χ2n) is 6.19. The Labute approximate surface area is 192 Å². The van der Waals surface area contributed by atoms with Crippen LogP contribution in [0.5, 0.6) is 5.75 Å². The summed E-state index contributed by atoms with van der Waals surface area (Å²) in [5.41, 5.74) is 0.960. The molecule has 12 heteroatoms. The summed E-state index contributed by atoms with van der Waals surface area (Å²) < 4.78 is 43.4. The number of carbonyl (C=O) groups is 1. The number of nitrogens with one attached hydrogen (secondary N) is 3. The fourth-order valence-corrected chi connectivity index (χ4v) is 3.43. The number of aryl methyl sites for hydroxylation is 1. The van der Waals surface area contributed by atoms with Crippen molar-refractivity contribution in [3.05, 3.63) is 39.8 Å². The predicted molar refractivity (Wildman–Crippen MR) is 120 cm³/mol. The van der Waals surface area contributed by atoms with E-state index < -0.39 is 11.9 Å². The minimum absolute atomic E-state index is 0. The van der Waals surface area contributed by atoms with Gasteiger partial charge in [0.1, 0.15) is 17.4 Å². The molecule has 1 amide bonds. The molecule has 0 bridgehead atoms. The number of alkyl halides is 3. The van der Waals surface area contributed by atoms with Crippen LogP contribution in [0, 0.1) is 0 Å². The third kappa shape index (κ3) is 6.72. The van der Waals surface area contributed by atoms with Gasteiger partial charge in [-0.2, -0.15) is 13.2 Å². The summed E-state index contributed by atoms with van der Waals surface area (Å²) in [7, 11) is 1.57. The molecule has 2 aromatic rings. The highest BCUT2D eigenvalue weighted by Gasteiger charge is 2.33. The smallest absolute Gasteiger partial charge is 0.434 e. The lowest BCUT2D eigenvalue weighted by Gasteiger charge is -2.18. The van der Waals surface area contributed by atoms with E-state index in [0.717, 1.165) is 28.0 Å². The van der Waals surface area contributed by atoms with Gasteiger partial charge in [0.15, 0.2) is 11.7 Å². The molecule has 0 unspecified atom stereocenters. The number of benzene rings is 1. The van der Waals surface area contributed by atoms with Crippen LogP contribution in [0.4, 0.5) is 18.9 Å². The summed E-state index contributed by atoms with van der Waals surface area (Å²) in [5, 5.41) is 10.1. The molecule has 3 rings (SSSR count). The molecule has 30 heavy (non-hydrogen) atoms. The van der Waals surface area contributed by atoms with E-state index in [1.165, 1.54) is 0 Å². The summed E-state index contributed by atoms with van der Waals surface area (Å²) in [6.45, 7) is 0.943. The normalized spacial score (nSPS) is 13.7. The Morgan fingerprint density at radius 1 is 1.33 bits per heavy atom. The number of amides is 1. The Balaban J connectivity index is 0.00000320. The Morgan fingerprint density at radius 3 is 2.83 bits per heavy atom. The number of halogens is 4. The molecule has 1 aromatic heterocycles. The van der Waals surface area contributed by atoms with Crippen molar-refractivity contribution in [1.82, 2.24) is 15.6 Å². The molecular weight excluding hydrogens is 534 g/mol. The van der Waals surface area contributed by atoms with Gasteiger partial charge in [0.05, 0.1) is 13.1 Å². The number of hydrogen-bond donors (Lipinski definition) is 3. The van der Waals surface area contributed by atoms with Crippen LogP contribution >= 0.6 is 35.3 Å². The minimum Gasteiger partial charge on any atom is -0.492 e. The van der Waals surface area contributed by atoms with E-state index in [0.29, 0.717) is 42.7 Å². The van der Waals surface area contributed by atoms with Gasteiger partial charge in [-0.15, -0.1) is 35.3 Å². The summed E-state index contributed by atoms with van der Waals surface area (Å²) in [6, 6.07) is 5.51. The quantitative estimate of drug-likeness (QED) is 0.220. The van der Waals surface area contributed by atoms with Crippen LogP contribution in [-0.2, 0) is 23.9 Å².